The van der Waals surface area contributed by atoms with Crippen LogP contribution < -0.4 is 4.84 Å². The number of hydrogen-bond acceptors (Lipinski definition) is 1. The van der Waals surface area contributed by atoms with Gasteiger partial charge in [0.1, 0.15) is 0 Å². The number of halogens is 1. The maximum atomic E-state index is 5.44. The second-order valence-corrected chi connectivity index (χ2v) is 2.93. The average molecular weight is 181 g/mol. The van der Waals surface area contributed by atoms with Gasteiger partial charge in [-0.2, -0.15) is 0 Å². The Hall–Kier alpha value is -0.990. The Morgan fingerprint density at radius 3 is 3.08 bits per heavy atom. The second kappa shape index (κ2) is 3.17. The minimum atomic E-state index is 0.691. The molecule has 0 aliphatic heterocycles. The standard InChI is InChI=1S/C9H9ClN2/c10-12-6-7-2-1-3-9-8(7)4-5-11-9/h1-5,11-12H,6H2. The minimum absolute atomic E-state index is 0.691. The molecule has 0 saturated heterocycles. The van der Waals surface area contributed by atoms with E-state index in [1.54, 1.807) is 0 Å². The van der Waals surface area contributed by atoms with E-state index < -0.39 is 0 Å². The molecule has 0 saturated carbocycles. The second-order valence-electron chi connectivity index (χ2n) is 2.67. The van der Waals surface area contributed by atoms with E-state index in [2.05, 4.69) is 22.0 Å². The van der Waals surface area contributed by atoms with E-state index in [9.17, 15) is 0 Å². The number of hydrogen-bond donors (Lipinski definition) is 2. The summed E-state index contributed by atoms with van der Waals surface area (Å²) in [6.07, 6.45) is 1.93. The summed E-state index contributed by atoms with van der Waals surface area (Å²) in [6, 6.07) is 8.18. The van der Waals surface area contributed by atoms with Crippen molar-refractivity contribution in [1.29, 1.82) is 0 Å². The number of benzene rings is 1. The molecule has 0 fully saturated rings. The van der Waals surface area contributed by atoms with E-state index in [1.165, 1.54) is 10.9 Å². The van der Waals surface area contributed by atoms with Crippen LogP contribution in [0.2, 0.25) is 0 Å². The van der Waals surface area contributed by atoms with Crippen LogP contribution in [0.5, 0.6) is 0 Å². The highest BCUT2D eigenvalue weighted by Gasteiger charge is 1.99. The van der Waals surface area contributed by atoms with Gasteiger partial charge in [-0.1, -0.05) is 12.1 Å². The van der Waals surface area contributed by atoms with Crippen LogP contribution in [0.3, 0.4) is 0 Å². The molecule has 2 rings (SSSR count). The smallest absolute Gasteiger partial charge is 0.0457 e. The van der Waals surface area contributed by atoms with Crippen molar-refractivity contribution in [3.8, 4) is 0 Å². The van der Waals surface area contributed by atoms with Gasteiger partial charge < -0.3 is 4.98 Å². The molecule has 1 aromatic carbocycles. The number of fused-ring (bicyclic) bond motifs is 1. The van der Waals surface area contributed by atoms with Gasteiger partial charge in [-0.05, 0) is 29.5 Å². The van der Waals surface area contributed by atoms with E-state index in [0.29, 0.717) is 6.54 Å². The fraction of sp³-hybridized carbons (Fsp3) is 0.111. The van der Waals surface area contributed by atoms with Crippen LogP contribution in [0, 0.1) is 0 Å². The quantitative estimate of drug-likeness (QED) is 0.683. The van der Waals surface area contributed by atoms with E-state index in [1.807, 2.05) is 18.3 Å². The predicted octanol–water partition coefficient (Wildman–Crippen LogP) is 2.41. The lowest BCUT2D eigenvalue weighted by Crippen LogP contribution is -1.97. The molecule has 12 heavy (non-hydrogen) atoms. The van der Waals surface area contributed by atoms with E-state index >= 15 is 0 Å². The largest absolute Gasteiger partial charge is 0.361 e. The molecule has 1 aromatic heterocycles. The Bertz CT molecular complexity index is 381. The van der Waals surface area contributed by atoms with E-state index in [0.717, 1.165) is 5.52 Å². The van der Waals surface area contributed by atoms with Gasteiger partial charge in [-0.3, -0.25) is 0 Å². The molecule has 3 heteroatoms. The Balaban J connectivity index is 2.57. The molecule has 0 aliphatic carbocycles. The molecular formula is C9H9ClN2. The van der Waals surface area contributed by atoms with Crippen molar-refractivity contribution in [3.05, 3.63) is 36.0 Å². The molecule has 0 spiro atoms. The zero-order valence-corrected chi connectivity index (χ0v) is 7.23. The lowest BCUT2D eigenvalue weighted by atomic mass is 10.1. The molecule has 2 nitrogen and oxygen atoms in total. The summed E-state index contributed by atoms with van der Waals surface area (Å²) in [7, 11) is 0. The van der Waals surface area contributed by atoms with Crippen LogP contribution >= 0.6 is 11.8 Å². The van der Waals surface area contributed by atoms with Gasteiger partial charge in [0.05, 0.1) is 0 Å². The van der Waals surface area contributed by atoms with Gasteiger partial charge in [0.2, 0.25) is 0 Å². The van der Waals surface area contributed by atoms with Crippen LogP contribution in [0.25, 0.3) is 10.9 Å². The Labute approximate surface area is 75.7 Å². The highest BCUT2D eigenvalue weighted by Crippen LogP contribution is 2.16. The predicted molar refractivity (Wildman–Crippen MR) is 51.0 cm³/mol. The maximum absolute atomic E-state index is 5.44. The normalized spacial score (nSPS) is 10.8. The molecule has 0 atom stereocenters. The van der Waals surface area contributed by atoms with Crippen LogP contribution in [0.4, 0.5) is 0 Å². The Morgan fingerprint density at radius 2 is 2.25 bits per heavy atom. The summed E-state index contributed by atoms with van der Waals surface area (Å²) in [4.78, 5) is 5.77. The van der Waals surface area contributed by atoms with Crippen molar-refractivity contribution in [3.63, 3.8) is 0 Å². The fourth-order valence-electron chi connectivity index (χ4n) is 1.38. The van der Waals surface area contributed by atoms with Crippen LogP contribution in [0.1, 0.15) is 5.56 Å². The summed E-state index contributed by atoms with van der Waals surface area (Å²) in [6.45, 7) is 0.691. The number of aromatic nitrogens is 1. The molecule has 0 bridgehead atoms. The van der Waals surface area contributed by atoms with Crippen molar-refractivity contribution >= 4 is 22.7 Å². The third-order valence-electron chi connectivity index (χ3n) is 1.94. The van der Waals surface area contributed by atoms with Crippen LogP contribution in [0.15, 0.2) is 30.5 Å². The van der Waals surface area contributed by atoms with Crippen molar-refractivity contribution in [2.24, 2.45) is 0 Å². The summed E-state index contributed by atoms with van der Waals surface area (Å²) in [5.41, 5.74) is 2.36. The highest BCUT2D eigenvalue weighted by atomic mass is 35.5. The maximum Gasteiger partial charge on any atom is 0.0457 e. The van der Waals surface area contributed by atoms with Crippen molar-refractivity contribution in [2.75, 3.05) is 0 Å². The summed E-state index contributed by atoms with van der Waals surface area (Å²) < 4.78 is 0. The van der Waals surface area contributed by atoms with Gasteiger partial charge in [0.15, 0.2) is 0 Å². The van der Waals surface area contributed by atoms with Crippen LogP contribution in [-0.4, -0.2) is 4.98 Å². The van der Waals surface area contributed by atoms with Gasteiger partial charge in [-0.15, -0.1) is 0 Å². The molecule has 2 N–H and O–H groups in total. The third-order valence-corrected chi connectivity index (χ3v) is 2.08. The number of rotatable bonds is 2. The monoisotopic (exact) mass is 180 g/mol. The first-order valence-corrected chi connectivity index (χ1v) is 4.18. The number of aromatic amines is 1. The average Bonchev–Trinajstić information content (AvgIpc) is 2.53. The molecule has 2 aromatic rings. The topological polar surface area (TPSA) is 27.8 Å². The first-order valence-electron chi connectivity index (χ1n) is 3.80. The Kier molecular flexibility index (Phi) is 2.02. The Morgan fingerprint density at radius 1 is 1.33 bits per heavy atom. The molecule has 0 unspecified atom stereocenters. The summed E-state index contributed by atoms with van der Waals surface area (Å²) in [5, 5.41) is 1.23. The molecule has 62 valence electrons. The van der Waals surface area contributed by atoms with Gasteiger partial charge in [0.25, 0.3) is 0 Å². The minimum Gasteiger partial charge on any atom is -0.361 e. The van der Waals surface area contributed by atoms with Crippen molar-refractivity contribution in [1.82, 2.24) is 9.82 Å². The highest BCUT2D eigenvalue weighted by molar-refractivity contribution is 6.13. The lowest BCUT2D eigenvalue weighted by Gasteiger charge is -1.99. The number of H-pyrrole nitrogens is 1. The molecular weight excluding hydrogens is 172 g/mol. The van der Waals surface area contributed by atoms with Gasteiger partial charge in [-0.25, -0.2) is 4.84 Å². The number of nitrogens with one attached hydrogen (secondary N) is 2. The zero-order valence-electron chi connectivity index (χ0n) is 6.47. The molecule has 0 radical (unpaired) electrons. The summed E-state index contributed by atoms with van der Waals surface area (Å²) in [5.74, 6) is 0. The van der Waals surface area contributed by atoms with Crippen LogP contribution in [-0.2, 0) is 6.54 Å². The lowest BCUT2D eigenvalue weighted by molar-refractivity contribution is 0.974. The summed E-state index contributed by atoms with van der Waals surface area (Å²) >= 11 is 5.44. The van der Waals surface area contributed by atoms with E-state index in [4.69, 9.17) is 11.8 Å². The molecule has 0 aliphatic rings. The van der Waals surface area contributed by atoms with Gasteiger partial charge >= 0.3 is 0 Å². The molecule has 0 amide bonds. The van der Waals surface area contributed by atoms with Crippen molar-refractivity contribution in [2.45, 2.75) is 6.54 Å². The SMILES string of the molecule is ClNCc1cccc2[nH]ccc12. The first-order chi connectivity index (χ1) is 5.92. The zero-order chi connectivity index (χ0) is 8.39. The van der Waals surface area contributed by atoms with Crippen molar-refractivity contribution < 1.29 is 0 Å². The van der Waals surface area contributed by atoms with E-state index in [-0.39, 0.29) is 0 Å². The third kappa shape index (κ3) is 1.19. The van der Waals surface area contributed by atoms with Gasteiger partial charge in [0, 0.05) is 23.6 Å². The first kappa shape index (κ1) is 7.65. The molecule has 1 heterocycles. The fourth-order valence-corrected chi connectivity index (χ4v) is 1.52.